The first-order valence-corrected chi connectivity index (χ1v) is 8.76. The van der Waals surface area contributed by atoms with Crippen molar-refractivity contribution in [2.24, 2.45) is 0 Å². The molecule has 1 aromatic heterocycles. The Kier molecular flexibility index (Phi) is 4.98. The number of nitrogens with zero attached hydrogens (tertiary/aromatic N) is 2. The van der Waals surface area contributed by atoms with Crippen molar-refractivity contribution in [1.82, 2.24) is 4.57 Å². The van der Waals surface area contributed by atoms with E-state index in [0.29, 0.717) is 0 Å². The van der Waals surface area contributed by atoms with E-state index in [2.05, 4.69) is 47.9 Å². The van der Waals surface area contributed by atoms with Crippen molar-refractivity contribution in [2.75, 3.05) is 0 Å². The Bertz CT molecular complexity index is 836. The zero-order valence-corrected chi connectivity index (χ0v) is 13.9. The molecule has 0 radical (unpaired) electrons. The Labute approximate surface area is 138 Å². The van der Waals surface area contributed by atoms with E-state index in [1.54, 1.807) is 0 Å². The molecule has 118 valence electrons. The molecule has 0 saturated heterocycles. The third-order valence-corrected chi connectivity index (χ3v) is 4.64. The van der Waals surface area contributed by atoms with Crippen LogP contribution in [-0.2, 0) is 6.54 Å². The second kappa shape index (κ2) is 7.33. The van der Waals surface area contributed by atoms with Crippen molar-refractivity contribution in [3.05, 3.63) is 48.0 Å². The molecule has 3 aromatic rings. The monoisotopic (exact) mass is 304 g/mol. The molecule has 0 amide bonds. The first kappa shape index (κ1) is 15.6. The number of para-hydroxylation sites is 1. The smallest absolute Gasteiger partial charge is 0.0991 e. The van der Waals surface area contributed by atoms with Crippen molar-refractivity contribution in [3.8, 4) is 6.07 Å². The molecule has 0 fully saturated rings. The second-order valence-corrected chi connectivity index (χ2v) is 6.28. The first-order chi connectivity index (χ1) is 11.3. The van der Waals surface area contributed by atoms with Gasteiger partial charge in [0.2, 0.25) is 0 Å². The summed E-state index contributed by atoms with van der Waals surface area (Å²) in [5.41, 5.74) is 3.27. The van der Waals surface area contributed by atoms with Gasteiger partial charge in [0.05, 0.1) is 11.6 Å². The Morgan fingerprint density at radius 2 is 1.61 bits per heavy atom. The number of hydrogen-bond donors (Lipinski definition) is 0. The summed E-state index contributed by atoms with van der Waals surface area (Å²) in [5.74, 6) is 0. The number of unbranched alkanes of at least 4 members (excludes halogenated alkanes) is 5. The summed E-state index contributed by atoms with van der Waals surface area (Å²) >= 11 is 0. The Balaban J connectivity index is 1.87. The van der Waals surface area contributed by atoms with Crippen LogP contribution in [-0.4, -0.2) is 4.57 Å². The number of rotatable bonds is 7. The Morgan fingerprint density at radius 1 is 0.870 bits per heavy atom. The maximum Gasteiger partial charge on any atom is 0.0991 e. The van der Waals surface area contributed by atoms with Gasteiger partial charge in [-0.3, -0.25) is 0 Å². The van der Waals surface area contributed by atoms with Crippen LogP contribution in [0.1, 0.15) is 51.0 Å². The molecule has 2 nitrogen and oxygen atoms in total. The molecule has 1 heterocycles. The average Bonchev–Trinajstić information content (AvgIpc) is 2.91. The summed E-state index contributed by atoms with van der Waals surface area (Å²) in [4.78, 5) is 0. The molecule has 0 atom stereocenters. The number of aromatic nitrogens is 1. The third-order valence-electron chi connectivity index (χ3n) is 4.64. The van der Waals surface area contributed by atoms with Crippen LogP contribution in [0.2, 0.25) is 0 Å². The van der Waals surface area contributed by atoms with Crippen LogP contribution >= 0.6 is 0 Å². The molecule has 2 heteroatoms. The van der Waals surface area contributed by atoms with Gasteiger partial charge in [0.15, 0.2) is 0 Å². The van der Waals surface area contributed by atoms with E-state index in [-0.39, 0.29) is 0 Å². The lowest BCUT2D eigenvalue weighted by Gasteiger charge is -2.07. The molecule has 0 aliphatic heterocycles. The fourth-order valence-electron chi connectivity index (χ4n) is 3.41. The number of fused-ring (bicyclic) bond motifs is 3. The first-order valence-electron chi connectivity index (χ1n) is 8.76. The summed E-state index contributed by atoms with van der Waals surface area (Å²) in [6.45, 7) is 3.32. The van der Waals surface area contributed by atoms with Crippen LogP contribution in [0.3, 0.4) is 0 Å². The maximum atomic E-state index is 9.16. The van der Waals surface area contributed by atoms with Gasteiger partial charge in [-0.15, -0.1) is 0 Å². The quantitative estimate of drug-likeness (QED) is 0.490. The molecule has 0 saturated carbocycles. The van der Waals surface area contributed by atoms with E-state index >= 15 is 0 Å². The molecule has 0 unspecified atom stereocenters. The summed E-state index contributed by atoms with van der Waals surface area (Å²) in [6, 6.07) is 16.8. The van der Waals surface area contributed by atoms with Gasteiger partial charge in [-0.25, -0.2) is 0 Å². The predicted molar refractivity (Wildman–Crippen MR) is 97.5 cm³/mol. The van der Waals surface area contributed by atoms with E-state index in [9.17, 15) is 0 Å². The Hall–Kier alpha value is -2.27. The minimum absolute atomic E-state index is 0.736. The number of hydrogen-bond acceptors (Lipinski definition) is 1. The highest BCUT2D eigenvalue weighted by atomic mass is 15.0. The molecule has 23 heavy (non-hydrogen) atoms. The van der Waals surface area contributed by atoms with Gasteiger partial charge in [-0.2, -0.15) is 5.26 Å². The number of aryl methyl sites for hydroxylation is 1. The van der Waals surface area contributed by atoms with Crippen molar-refractivity contribution < 1.29 is 0 Å². The summed E-state index contributed by atoms with van der Waals surface area (Å²) in [5, 5.41) is 11.6. The van der Waals surface area contributed by atoms with Gasteiger partial charge in [0.1, 0.15) is 0 Å². The minimum Gasteiger partial charge on any atom is -0.340 e. The topological polar surface area (TPSA) is 28.7 Å². The van der Waals surface area contributed by atoms with Gasteiger partial charge < -0.3 is 4.57 Å². The average molecular weight is 304 g/mol. The lowest BCUT2D eigenvalue weighted by molar-refractivity contribution is 0.571. The van der Waals surface area contributed by atoms with E-state index in [4.69, 9.17) is 5.26 Å². The molecular weight excluding hydrogens is 280 g/mol. The van der Waals surface area contributed by atoms with Crippen LogP contribution in [0.4, 0.5) is 0 Å². The normalized spacial score (nSPS) is 11.1. The van der Waals surface area contributed by atoms with Crippen molar-refractivity contribution in [2.45, 2.75) is 52.0 Å². The SMILES string of the molecule is CCCCCCCCn1c2ccccc2c2cc(C#N)ccc21. The van der Waals surface area contributed by atoms with Crippen LogP contribution in [0.15, 0.2) is 42.5 Å². The van der Waals surface area contributed by atoms with E-state index < -0.39 is 0 Å². The molecule has 0 spiro atoms. The van der Waals surface area contributed by atoms with E-state index in [1.807, 2.05) is 12.1 Å². The molecule has 2 aromatic carbocycles. The van der Waals surface area contributed by atoms with E-state index in [1.165, 1.54) is 60.3 Å². The van der Waals surface area contributed by atoms with Gasteiger partial charge >= 0.3 is 0 Å². The van der Waals surface area contributed by atoms with Crippen LogP contribution in [0, 0.1) is 11.3 Å². The number of benzene rings is 2. The highest BCUT2D eigenvalue weighted by molar-refractivity contribution is 6.08. The standard InChI is InChI=1S/C21H24N2/c1-2-3-4-5-6-9-14-23-20-11-8-7-10-18(20)19-15-17(16-22)12-13-21(19)23/h7-8,10-13,15H,2-6,9,14H2,1H3. The van der Waals surface area contributed by atoms with Gasteiger partial charge in [-0.05, 0) is 30.7 Å². The molecule has 0 aliphatic rings. The van der Waals surface area contributed by atoms with E-state index in [0.717, 1.165) is 12.1 Å². The van der Waals surface area contributed by atoms with Gasteiger partial charge in [-0.1, -0.05) is 57.2 Å². The molecule has 3 rings (SSSR count). The zero-order chi connectivity index (χ0) is 16.1. The Morgan fingerprint density at radius 3 is 2.43 bits per heavy atom. The highest BCUT2D eigenvalue weighted by Gasteiger charge is 2.10. The lowest BCUT2D eigenvalue weighted by atomic mass is 10.1. The fraction of sp³-hybridized carbons (Fsp3) is 0.381. The minimum atomic E-state index is 0.736. The molecular formula is C21H24N2. The summed E-state index contributed by atoms with van der Waals surface area (Å²) < 4.78 is 2.42. The van der Waals surface area contributed by atoms with Gasteiger partial charge in [0, 0.05) is 28.4 Å². The van der Waals surface area contributed by atoms with Gasteiger partial charge in [0.25, 0.3) is 0 Å². The lowest BCUT2D eigenvalue weighted by Crippen LogP contribution is -1.97. The molecule has 0 N–H and O–H groups in total. The fourth-order valence-corrected chi connectivity index (χ4v) is 3.41. The number of nitriles is 1. The predicted octanol–water partition coefficient (Wildman–Crippen LogP) is 6.03. The van der Waals surface area contributed by atoms with Crippen LogP contribution < -0.4 is 0 Å². The molecule has 0 bridgehead atoms. The van der Waals surface area contributed by atoms with Crippen molar-refractivity contribution in [1.29, 1.82) is 5.26 Å². The summed E-state index contributed by atoms with van der Waals surface area (Å²) in [7, 11) is 0. The third kappa shape index (κ3) is 3.24. The maximum absolute atomic E-state index is 9.16. The van der Waals surface area contributed by atoms with Crippen molar-refractivity contribution in [3.63, 3.8) is 0 Å². The largest absolute Gasteiger partial charge is 0.340 e. The van der Waals surface area contributed by atoms with Crippen molar-refractivity contribution >= 4 is 21.8 Å². The second-order valence-electron chi connectivity index (χ2n) is 6.28. The van der Waals surface area contributed by atoms with Crippen LogP contribution in [0.5, 0.6) is 0 Å². The highest BCUT2D eigenvalue weighted by Crippen LogP contribution is 2.30. The molecule has 0 aliphatic carbocycles. The summed E-state index contributed by atoms with van der Waals surface area (Å²) in [6.07, 6.45) is 7.86. The van der Waals surface area contributed by atoms with Crippen LogP contribution in [0.25, 0.3) is 21.8 Å². The zero-order valence-electron chi connectivity index (χ0n) is 13.9.